The van der Waals surface area contributed by atoms with Gasteiger partial charge in [-0.1, -0.05) is 29.5 Å². The van der Waals surface area contributed by atoms with Gasteiger partial charge in [-0.05, 0) is 45.4 Å². The zero-order valence-corrected chi connectivity index (χ0v) is 13.0. The largest absolute Gasteiger partial charge is 0.376 e. The van der Waals surface area contributed by atoms with Crippen molar-refractivity contribution in [2.45, 2.75) is 58.2 Å². The molecule has 16 heavy (non-hydrogen) atoms. The Morgan fingerprint density at radius 1 is 1.25 bits per heavy atom. The Balaban J connectivity index is 2.25. The number of alkyl halides is 1. The summed E-state index contributed by atoms with van der Waals surface area (Å²) in [7, 11) is 0. The van der Waals surface area contributed by atoms with Crippen molar-refractivity contribution in [2.24, 2.45) is 5.92 Å². The smallest absolute Gasteiger partial charge is 0.0772 e. The van der Waals surface area contributed by atoms with Crippen molar-refractivity contribution in [3.05, 3.63) is 0 Å². The Morgan fingerprint density at radius 2 is 1.88 bits per heavy atom. The second-order valence-corrected chi connectivity index (χ2v) is 6.03. The van der Waals surface area contributed by atoms with E-state index in [0.29, 0.717) is 6.10 Å². The van der Waals surface area contributed by atoms with Gasteiger partial charge in [-0.15, -0.1) is 0 Å². The summed E-state index contributed by atoms with van der Waals surface area (Å²) in [6.07, 6.45) is 5.38. The zero-order valence-electron chi connectivity index (χ0n) is 10.8. The highest BCUT2D eigenvalue weighted by Crippen LogP contribution is 2.36. The van der Waals surface area contributed by atoms with E-state index in [2.05, 4.69) is 43.4 Å². The first-order valence-electron chi connectivity index (χ1n) is 6.39. The molecule has 1 aliphatic rings. The molecule has 0 aliphatic heterocycles. The Morgan fingerprint density at radius 3 is 2.38 bits per heavy atom. The molecular weight excluding hydrogens is 315 g/mol. The van der Waals surface area contributed by atoms with Crippen molar-refractivity contribution in [3.8, 4) is 0 Å². The maximum absolute atomic E-state index is 6.09. The molecule has 3 heteroatoms. The molecule has 0 saturated heterocycles. The highest BCUT2D eigenvalue weighted by Gasteiger charge is 2.33. The van der Waals surface area contributed by atoms with E-state index in [-0.39, 0.29) is 5.60 Å². The van der Waals surface area contributed by atoms with Crippen LogP contribution in [0, 0.1) is 5.92 Å². The molecule has 0 radical (unpaired) electrons. The second-order valence-electron chi connectivity index (χ2n) is 5.27. The van der Waals surface area contributed by atoms with E-state index in [9.17, 15) is 0 Å². The Hall–Kier alpha value is 0.650. The molecule has 0 aromatic heterocycles. The van der Waals surface area contributed by atoms with Gasteiger partial charge in [0, 0.05) is 4.43 Å². The number of ether oxygens (including phenoxy) is 2. The molecule has 1 fully saturated rings. The molecule has 0 spiro atoms. The normalized spacial score (nSPS) is 30.9. The van der Waals surface area contributed by atoms with Crippen molar-refractivity contribution in [1.82, 2.24) is 0 Å². The Labute approximate surface area is 114 Å². The number of hydrogen-bond acceptors (Lipinski definition) is 2. The molecular formula is C13H25IO2. The molecule has 0 N–H and O–H groups in total. The monoisotopic (exact) mass is 340 g/mol. The van der Waals surface area contributed by atoms with Crippen LogP contribution in [0.25, 0.3) is 0 Å². The molecule has 1 rings (SSSR count). The fourth-order valence-electron chi connectivity index (χ4n) is 2.15. The first-order chi connectivity index (χ1) is 7.58. The summed E-state index contributed by atoms with van der Waals surface area (Å²) in [6.45, 7) is 7.95. The number of halogens is 1. The van der Waals surface area contributed by atoms with Crippen molar-refractivity contribution >= 4 is 22.6 Å². The standard InChI is InChI=1S/C13H25IO2/c1-11(2)15-8-9-16-13(10-14)6-4-12(3)5-7-13/h11-12H,4-10H2,1-3H3. The van der Waals surface area contributed by atoms with Crippen LogP contribution >= 0.6 is 22.6 Å². The van der Waals surface area contributed by atoms with Crippen LogP contribution < -0.4 is 0 Å². The predicted octanol–water partition coefficient (Wildman–Crippen LogP) is 3.81. The van der Waals surface area contributed by atoms with Crippen LogP contribution in [-0.4, -0.2) is 29.3 Å². The lowest BCUT2D eigenvalue weighted by atomic mass is 9.80. The minimum atomic E-state index is 0.146. The highest BCUT2D eigenvalue weighted by molar-refractivity contribution is 14.1. The van der Waals surface area contributed by atoms with E-state index in [1.54, 1.807) is 0 Å². The second kappa shape index (κ2) is 7.17. The predicted molar refractivity (Wildman–Crippen MR) is 76.3 cm³/mol. The quantitative estimate of drug-likeness (QED) is 0.416. The first-order valence-corrected chi connectivity index (χ1v) is 7.92. The molecule has 0 unspecified atom stereocenters. The molecule has 0 heterocycles. The van der Waals surface area contributed by atoms with Crippen LogP contribution in [0.5, 0.6) is 0 Å². The fraction of sp³-hybridized carbons (Fsp3) is 1.00. The lowest BCUT2D eigenvalue weighted by Crippen LogP contribution is -2.39. The lowest BCUT2D eigenvalue weighted by Gasteiger charge is -2.38. The van der Waals surface area contributed by atoms with Crippen LogP contribution in [0.2, 0.25) is 0 Å². The molecule has 0 aromatic rings. The summed E-state index contributed by atoms with van der Waals surface area (Å²) < 4.78 is 12.7. The molecule has 1 aliphatic carbocycles. The van der Waals surface area contributed by atoms with Crippen LogP contribution in [0.4, 0.5) is 0 Å². The summed E-state index contributed by atoms with van der Waals surface area (Å²) in [5, 5.41) is 0. The van der Waals surface area contributed by atoms with Gasteiger partial charge in [0.1, 0.15) is 0 Å². The zero-order chi connectivity index (χ0) is 12.0. The maximum atomic E-state index is 6.09. The summed E-state index contributed by atoms with van der Waals surface area (Å²) >= 11 is 2.47. The van der Waals surface area contributed by atoms with Crippen LogP contribution in [-0.2, 0) is 9.47 Å². The van der Waals surface area contributed by atoms with E-state index < -0.39 is 0 Å². The number of rotatable bonds is 6. The average Bonchev–Trinajstić information content (AvgIpc) is 2.27. The summed E-state index contributed by atoms with van der Waals surface area (Å²) in [6, 6.07) is 0. The lowest BCUT2D eigenvalue weighted by molar-refractivity contribution is -0.0826. The van der Waals surface area contributed by atoms with Crippen molar-refractivity contribution in [1.29, 1.82) is 0 Å². The van der Waals surface area contributed by atoms with Gasteiger partial charge in [-0.3, -0.25) is 0 Å². The molecule has 0 bridgehead atoms. The van der Waals surface area contributed by atoms with Crippen LogP contribution in [0.3, 0.4) is 0 Å². The molecule has 0 aromatic carbocycles. The van der Waals surface area contributed by atoms with Gasteiger partial charge in [-0.25, -0.2) is 0 Å². The van der Waals surface area contributed by atoms with Crippen LogP contribution in [0.1, 0.15) is 46.5 Å². The van der Waals surface area contributed by atoms with Gasteiger partial charge in [0.05, 0.1) is 24.9 Å². The Bertz CT molecular complexity index is 186. The van der Waals surface area contributed by atoms with Gasteiger partial charge < -0.3 is 9.47 Å². The van der Waals surface area contributed by atoms with Gasteiger partial charge >= 0.3 is 0 Å². The topological polar surface area (TPSA) is 18.5 Å². The average molecular weight is 340 g/mol. The molecule has 2 nitrogen and oxygen atoms in total. The summed E-state index contributed by atoms with van der Waals surface area (Å²) in [5.41, 5.74) is 0.146. The van der Waals surface area contributed by atoms with Crippen LogP contribution in [0.15, 0.2) is 0 Å². The summed E-state index contributed by atoms with van der Waals surface area (Å²) in [4.78, 5) is 0. The third-order valence-corrected chi connectivity index (χ3v) is 4.76. The minimum Gasteiger partial charge on any atom is -0.376 e. The van der Waals surface area contributed by atoms with E-state index in [0.717, 1.165) is 23.6 Å². The third kappa shape index (κ3) is 4.88. The van der Waals surface area contributed by atoms with Crippen molar-refractivity contribution in [3.63, 3.8) is 0 Å². The van der Waals surface area contributed by atoms with E-state index in [4.69, 9.17) is 9.47 Å². The fourth-order valence-corrected chi connectivity index (χ4v) is 3.13. The van der Waals surface area contributed by atoms with Crippen molar-refractivity contribution in [2.75, 3.05) is 17.6 Å². The molecule has 96 valence electrons. The van der Waals surface area contributed by atoms with Gasteiger partial charge in [-0.2, -0.15) is 0 Å². The third-order valence-electron chi connectivity index (χ3n) is 3.37. The summed E-state index contributed by atoms with van der Waals surface area (Å²) in [5.74, 6) is 0.881. The molecule has 0 amide bonds. The van der Waals surface area contributed by atoms with E-state index in [1.807, 2.05) is 0 Å². The number of hydrogen-bond donors (Lipinski definition) is 0. The van der Waals surface area contributed by atoms with E-state index >= 15 is 0 Å². The van der Waals surface area contributed by atoms with Gasteiger partial charge in [0.15, 0.2) is 0 Å². The Kier molecular flexibility index (Phi) is 6.59. The molecule has 0 atom stereocenters. The highest BCUT2D eigenvalue weighted by atomic mass is 127. The van der Waals surface area contributed by atoms with E-state index in [1.165, 1.54) is 25.7 Å². The maximum Gasteiger partial charge on any atom is 0.0772 e. The molecule has 1 saturated carbocycles. The SMILES string of the molecule is CC1CCC(CI)(OCCOC(C)C)CC1. The van der Waals surface area contributed by atoms with Crippen molar-refractivity contribution < 1.29 is 9.47 Å². The van der Waals surface area contributed by atoms with Gasteiger partial charge in [0.25, 0.3) is 0 Å². The minimum absolute atomic E-state index is 0.146. The van der Waals surface area contributed by atoms with Gasteiger partial charge in [0.2, 0.25) is 0 Å². The first kappa shape index (κ1) is 14.7.